The van der Waals surface area contributed by atoms with Crippen molar-refractivity contribution < 1.29 is 4.79 Å². The van der Waals surface area contributed by atoms with Crippen LogP contribution in [0.4, 0.5) is 0 Å². The molecule has 120 valence electrons. The number of carbonyl (C=O) groups excluding carboxylic acids is 1. The molecule has 2 bridgehead atoms. The van der Waals surface area contributed by atoms with Crippen molar-refractivity contribution in [2.24, 2.45) is 23.5 Å². The van der Waals surface area contributed by atoms with Crippen molar-refractivity contribution in [3.05, 3.63) is 0 Å². The summed E-state index contributed by atoms with van der Waals surface area (Å²) in [4.78, 5) is 17.3. The molecule has 3 fully saturated rings. The zero-order chi connectivity index (χ0) is 15.0. The lowest BCUT2D eigenvalue weighted by molar-refractivity contribution is -0.127. The number of nitrogens with one attached hydrogen (secondary N) is 1. The number of nitrogens with zero attached hydrogens (tertiary/aromatic N) is 2. The maximum absolute atomic E-state index is 12.5. The van der Waals surface area contributed by atoms with Crippen LogP contribution in [0.25, 0.3) is 0 Å². The molecule has 21 heavy (non-hydrogen) atoms. The minimum absolute atomic E-state index is 0.0682. The average molecular weight is 294 g/mol. The predicted molar refractivity (Wildman–Crippen MR) is 83.8 cm³/mol. The third-order valence-electron chi connectivity index (χ3n) is 5.80. The maximum Gasteiger partial charge on any atom is 0.225 e. The van der Waals surface area contributed by atoms with Crippen LogP contribution < -0.4 is 11.1 Å². The summed E-state index contributed by atoms with van der Waals surface area (Å²) in [5, 5.41) is 3.22. The minimum atomic E-state index is 0.0682. The Morgan fingerprint density at radius 2 is 1.90 bits per heavy atom. The number of amides is 1. The summed E-state index contributed by atoms with van der Waals surface area (Å²) in [6.45, 7) is 7.52. The second-order valence-electron chi connectivity index (χ2n) is 7.45. The molecule has 1 saturated heterocycles. The van der Waals surface area contributed by atoms with Gasteiger partial charge in [-0.15, -0.1) is 0 Å². The Labute approximate surface area is 128 Å². The van der Waals surface area contributed by atoms with Crippen molar-refractivity contribution in [3.8, 4) is 0 Å². The van der Waals surface area contributed by atoms with Crippen molar-refractivity contribution in [3.63, 3.8) is 0 Å². The molecule has 1 heterocycles. The highest BCUT2D eigenvalue weighted by Gasteiger charge is 2.49. The molecular weight excluding hydrogens is 264 g/mol. The van der Waals surface area contributed by atoms with Gasteiger partial charge in [0.2, 0.25) is 5.91 Å². The van der Waals surface area contributed by atoms with E-state index in [0.29, 0.717) is 11.8 Å². The SMILES string of the molecule is CC(CN1CCN(C)CC1)NC(=O)C1C2CCC(C2)C1N. The average Bonchev–Trinajstić information content (AvgIpc) is 3.01. The molecule has 1 amide bonds. The molecule has 2 aliphatic carbocycles. The van der Waals surface area contributed by atoms with Crippen LogP contribution >= 0.6 is 0 Å². The van der Waals surface area contributed by atoms with Crippen molar-refractivity contribution in [1.82, 2.24) is 15.1 Å². The van der Waals surface area contributed by atoms with E-state index in [2.05, 4.69) is 29.1 Å². The minimum Gasteiger partial charge on any atom is -0.352 e. The topological polar surface area (TPSA) is 61.6 Å². The predicted octanol–water partition coefficient (Wildman–Crippen LogP) is 0.112. The summed E-state index contributed by atoms with van der Waals surface area (Å²) in [5.41, 5.74) is 6.26. The van der Waals surface area contributed by atoms with Gasteiger partial charge in [0.05, 0.1) is 5.92 Å². The van der Waals surface area contributed by atoms with E-state index in [1.807, 2.05) is 0 Å². The van der Waals surface area contributed by atoms with Crippen LogP contribution in [0.5, 0.6) is 0 Å². The van der Waals surface area contributed by atoms with Gasteiger partial charge in [-0.25, -0.2) is 0 Å². The first kappa shape index (κ1) is 15.3. The fourth-order valence-corrected chi connectivity index (χ4v) is 4.53. The molecule has 3 N–H and O–H groups in total. The Balaban J connectivity index is 1.46. The molecule has 0 aromatic carbocycles. The van der Waals surface area contributed by atoms with E-state index in [9.17, 15) is 4.79 Å². The van der Waals surface area contributed by atoms with Gasteiger partial charge in [-0.05, 0) is 45.1 Å². The first-order valence-electron chi connectivity index (χ1n) is 8.51. The van der Waals surface area contributed by atoms with Crippen molar-refractivity contribution in [1.29, 1.82) is 0 Å². The molecule has 3 aliphatic rings. The summed E-state index contributed by atoms with van der Waals surface area (Å²) in [5.74, 6) is 1.41. The molecule has 3 rings (SSSR count). The third kappa shape index (κ3) is 3.25. The smallest absolute Gasteiger partial charge is 0.225 e. The maximum atomic E-state index is 12.5. The molecule has 5 unspecified atom stereocenters. The van der Waals surface area contributed by atoms with Crippen LogP contribution in [0.15, 0.2) is 0 Å². The normalized spacial score (nSPS) is 38.6. The molecule has 5 atom stereocenters. The third-order valence-corrected chi connectivity index (χ3v) is 5.80. The van der Waals surface area contributed by atoms with Crippen LogP contribution in [-0.4, -0.2) is 67.6 Å². The molecule has 5 nitrogen and oxygen atoms in total. The Morgan fingerprint density at radius 1 is 1.24 bits per heavy atom. The number of rotatable bonds is 4. The molecule has 2 saturated carbocycles. The van der Waals surface area contributed by atoms with Crippen molar-refractivity contribution in [2.45, 2.75) is 38.3 Å². The summed E-state index contributed by atoms with van der Waals surface area (Å²) in [7, 11) is 2.17. The van der Waals surface area contributed by atoms with Crippen LogP contribution in [0, 0.1) is 17.8 Å². The van der Waals surface area contributed by atoms with Gasteiger partial charge in [0.15, 0.2) is 0 Å². The lowest BCUT2D eigenvalue weighted by atomic mass is 9.84. The van der Waals surface area contributed by atoms with E-state index in [1.165, 1.54) is 19.3 Å². The van der Waals surface area contributed by atoms with Crippen LogP contribution in [0.2, 0.25) is 0 Å². The Morgan fingerprint density at radius 3 is 2.52 bits per heavy atom. The van der Waals surface area contributed by atoms with Gasteiger partial charge in [0, 0.05) is 44.8 Å². The highest BCUT2D eigenvalue weighted by Crippen LogP contribution is 2.47. The van der Waals surface area contributed by atoms with E-state index in [-0.39, 0.29) is 23.9 Å². The van der Waals surface area contributed by atoms with Gasteiger partial charge < -0.3 is 16.0 Å². The van der Waals surface area contributed by atoms with Gasteiger partial charge in [0.25, 0.3) is 0 Å². The van der Waals surface area contributed by atoms with Gasteiger partial charge >= 0.3 is 0 Å². The fourth-order valence-electron chi connectivity index (χ4n) is 4.53. The van der Waals surface area contributed by atoms with Gasteiger partial charge in [0.1, 0.15) is 0 Å². The molecule has 0 spiro atoms. The van der Waals surface area contributed by atoms with Crippen molar-refractivity contribution in [2.75, 3.05) is 39.8 Å². The molecule has 0 aromatic heterocycles. The van der Waals surface area contributed by atoms with Gasteiger partial charge in [-0.1, -0.05) is 0 Å². The highest BCUT2D eigenvalue weighted by molar-refractivity contribution is 5.80. The van der Waals surface area contributed by atoms with Crippen molar-refractivity contribution >= 4 is 5.91 Å². The number of piperazine rings is 1. The van der Waals surface area contributed by atoms with Gasteiger partial charge in [-0.3, -0.25) is 9.69 Å². The largest absolute Gasteiger partial charge is 0.352 e. The Bertz CT molecular complexity index is 378. The second kappa shape index (κ2) is 6.23. The van der Waals surface area contributed by atoms with Gasteiger partial charge in [-0.2, -0.15) is 0 Å². The number of carbonyl (C=O) groups is 1. The lowest BCUT2D eigenvalue weighted by Gasteiger charge is -2.35. The highest BCUT2D eigenvalue weighted by atomic mass is 16.2. The quantitative estimate of drug-likeness (QED) is 0.773. The van der Waals surface area contributed by atoms with E-state index in [1.54, 1.807) is 0 Å². The lowest BCUT2D eigenvalue weighted by Crippen LogP contribution is -2.52. The van der Waals surface area contributed by atoms with Crippen LogP contribution in [0.1, 0.15) is 26.2 Å². The summed E-state index contributed by atoms with van der Waals surface area (Å²) in [6.07, 6.45) is 3.60. The fraction of sp³-hybridized carbons (Fsp3) is 0.938. The number of fused-ring (bicyclic) bond motifs is 2. The zero-order valence-corrected chi connectivity index (χ0v) is 13.4. The summed E-state index contributed by atoms with van der Waals surface area (Å²) >= 11 is 0. The standard InChI is InChI=1S/C16H30N4O/c1-11(10-20-7-5-19(2)6-8-20)18-16(21)14-12-3-4-13(9-12)15(14)17/h11-15H,3-10,17H2,1-2H3,(H,18,21). The van der Waals surface area contributed by atoms with E-state index in [4.69, 9.17) is 5.73 Å². The first-order valence-corrected chi connectivity index (χ1v) is 8.51. The summed E-state index contributed by atoms with van der Waals surface area (Å²) < 4.78 is 0. The van der Waals surface area contributed by atoms with E-state index >= 15 is 0 Å². The molecule has 0 aromatic rings. The van der Waals surface area contributed by atoms with E-state index in [0.717, 1.165) is 32.7 Å². The monoisotopic (exact) mass is 294 g/mol. The second-order valence-corrected chi connectivity index (χ2v) is 7.45. The number of nitrogens with two attached hydrogens (primary N) is 1. The Kier molecular flexibility index (Phi) is 4.52. The summed E-state index contributed by atoms with van der Waals surface area (Å²) in [6, 6.07) is 0.312. The number of likely N-dealkylation sites (N-methyl/N-ethyl adjacent to an activating group) is 1. The zero-order valence-electron chi connectivity index (χ0n) is 13.4. The Hall–Kier alpha value is -0.650. The van der Waals surface area contributed by atoms with E-state index < -0.39 is 0 Å². The first-order chi connectivity index (χ1) is 10.0. The number of hydrogen-bond acceptors (Lipinski definition) is 4. The van der Waals surface area contributed by atoms with Crippen LogP contribution in [-0.2, 0) is 4.79 Å². The molecule has 1 aliphatic heterocycles. The molecule has 0 radical (unpaired) electrons. The molecule has 5 heteroatoms. The van der Waals surface area contributed by atoms with Crippen LogP contribution in [0.3, 0.4) is 0 Å². The number of hydrogen-bond donors (Lipinski definition) is 2. The molecular formula is C16H30N4O.